The van der Waals surface area contributed by atoms with E-state index in [0.29, 0.717) is 20.6 Å². The summed E-state index contributed by atoms with van der Waals surface area (Å²) in [6.07, 6.45) is 3.27. The number of anilines is 2. The van der Waals surface area contributed by atoms with Gasteiger partial charge in [-0.05, 0) is 53.7 Å². The molecule has 0 atom stereocenters. The Morgan fingerprint density at radius 2 is 1.43 bits per heavy atom. The van der Waals surface area contributed by atoms with Crippen molar-refractivity contribution >= 4 is 69.7 Å². The van der Waals surface area contributed by atoms with Crippen molar-refractivity contribution in [3.63, 3.8) is 0 Å². The second-order valence-electron chi connectivity index (χ2n) is 6.34. The molecule has 0 unspecified atom stereocenters. The minimum Gasteiger partial charge on any atom is -0.326 e. The maximum absolute atomic E-state index is 12.7. The highest BCUT2D eigenvalue weighted by Gasteiger charge is 2.32. The van der Waals surface area contributed by atoms with Gasteiger partial charge in [0.1, 0.15) is 0 Å². The normalized spacial score (nSPS) is 15.1. The van der Waals surface area contributed by atoms with E-state index in [1.165, 1.54) is 36.8 Å². The number of carbonyl (C=O) groups excluding carboxylic acids is 3. The van der Waals surface area contributed by atoms with Crippen LogP contribution >= 0.6 is 24.0 Å². The van der Waals surface area contributed by atoms with Gasteiger partial charge < -0.3 is 10.6 Å². The number of nitrogens with one attached hydrogen (secondary N) is 2. The predicted molar refractivity (Wildman–Crippen MR) is 124 cm³/mol. The van der Waals surface area contributed by atoms with Crippen molar-refractivity contribution in [1.82, 2.24) is 5.01 Å². The highest BCUT2D eigenvalue weighted by molar-refractivity contribution is 8.26. The zero-order chi connectivity index (χ0) is 21.7. The third kappa shape index (κ3) is 5.62. The van der Waals surface area contributed by atoms with Crippen LogP contribution in [-0.2, 0) is 14.4 Å². The van der Waals surface area contributed by atoms with Crippen LogP contribution in [-0.4, -0.2) is 33.3 Å². The van der Waals surface area contributed by atoms with Crippen LogP contribution in [0.2, 0.25) is 0 Å². The van der Waals surface area contributed by atoms with Crippen LogP contribution < -0.4 is 10.6 Å². The lowest BCUT2D eigenvalue weighted by Crippen LogP contribution is -2.22. The van der Waals surface area contributed by atoms with Crippen LogP contribution in [0.15, 0.2) is 58.5 Å². The number of thioether (sulfide) groups is 1. The first kappa shape index (κ1) is 21.4. The molecule has 1 aliphatic heterocycles. The van der Waals surface area contributed by atoms with Crippen LogP contribution in [0.5, 0.6) is 0 Å². The Kier molecular flexibility index (Phi) is 6.76. The Morgan fingerprint density at radius 1 is 0.933 bits per heavy atom. The topological polar surface area (TPSA) is 90.9 Å². The molecule has 152 valence electrons. The zero-order valence-corrected chi connectivity index (χ0v) is 17.8. The summed E-state index contributed by atoms with van der Waals surface area (Å²) in [4.78, 5) is 35.3. The van der Waals surface area contributed by atoms with Gasteiger partial charge in [0.2, 0.25) is 11.8 Å². The number of nitrogens with zero attached hydrogens (tertiary/aromatic N) is 2. The molecule has 1 heterocycles. The van der Waals surface area contributed by atoms with Gasteiger partial charge in [0.05, 0.1) is 11.1 Å². The SMILES string of the molecule is CC(=O)Nc1ccc(C=C2SC(=S)N(/N=C\c3ccc(NC(C)=O)cc3)C2=O)cc1. The van der Waals surface area contributed by atoms with Crippen molar-refractivity contribution in [1.29, 1.82) is 0 Å². The standard InChI is InChI=1S/C21H18N4O3S2/c1-13(26)23-17-7-3-15(4-8-17)11-19-20(28)25(21(29)30-19)22-12-16-5-9-18(10-6-16)24-14(2)27/h3-12H,1-2H3,(H,23,26)(H,24,27)/b19-11?,22-12-. The molecule has 0 aromatic heterocycles. The van der Waals surface area contributed by atoms with Crippen molar-refractivity contribution in [3.8, 4) is 0 Å². The van der Waals surface area contributed by atoms with Crippen molar-refractivity contribution in [2.45, 2.75) is 13.8 Å². The van der Waals surface area contributed by atoms with Gasteiger partial charge in [0.15, 0.2) is 4.32 Å². The summed E-state index contributed by atoms with van der Waals surface area (Å²) in [5.41, 5.74) is 2.93. The lowest BCUT2D eigenvalue weighted by Gasteiger charge is -2.06. The molecule has 9 heteroatoms. The van der Waals surface area contributed by atoms with E-state index in [9.17, 15) is 14.4 Å². The van der Waals surface area contributed by atoms with Crippen molar-refractivity contribution in [3.05, 3.63) is 64.6 Å². The van der Waals surface area contributed by atoms with Gasteiger partial charge in [-0.1, -0.05) is 36.0 Å². The Labute approximate surface area is 183 Å². The lowest BCUT2D eigenvalue weighted by atomic mass is 10.2. The number of hydrazone groups is 1. The van der Waals surface area contributed by atoms with E-state index in [0.717, 1.165) is 11.1 Å². The van der Waals surface area contributed by atoms with Gasteiger partial charge in [0, 0.05) is 25.2 Å². The number of rotatable bonds is 5. The Balaban J connectivity index is 1.69. The maximum Gasteiger partial charge on any atom is 0.286 e. The van der Waals surface area contributed by atoms with Gasteiger partial charge in [-0.2, -0.15) is 10.1 Å². The summed E-state index contributed by atoms with van der Waals surface area (Å²) in [6, 6.07) is 14.2. The van der Waals surface area contributed by atoms with Crippen molar-refractivity contribution < 1.29 is 14.4 Å². The molecule has 3 amide bonds. The molecule has 0 bridgehead atoms. The second-order valence-corrected chi connectivity index (χ2v) is 8.02. The molecule has 0 spiro atoms. The van der Waals surface area contributed by atoms with Gasteiger partial charge in [-0.15, -0.1) is 0 Å². The third-order valence-corrected chi connectivity index (χ3v) is 5.14. The predicted octanol–water partition coefficient (Wildman–Crippen LogP) is 3.84. The first-order valence-electron chi connectivity index (χ1n) is 8.89. The molecule has 7 nitrogen and oxygen atoms in total. The summed E-state index contributed by atoms with van der Waals surface area (Å²) in [7, 11) is 0. The molecule has 1 aliphatic rings. The van der Waals surface area contributed by atoms with Crippen LogP contribution in [0, 0.1) is 0 Å². The van der Waals surface area contributed by atoms with Crippen LogP contribution in [0.25, 0.3) is 6.08 Å². The molecule has 1 fully saturated rings. The van der Waals surface area contributed by atoms with E-state index in [4.69, 9.17) is 12.2 Å². The Hall–Kier alpha value is -3.30. The smallest absolute Gasteiger partial charge is 0.286 e. The molecular formula is C21H18N4O3S2. The van der Waals surface area contributed by atoms with Gasteiger partial charge >= 0.3 is 0 Å². The minimum atomic E-state index is -0.304. The lowest BCUT2D eigenvalue weighted by molar-refractivity contribution is -0.122. The Bertz CT molecular complexity index is 1060. The highest BCUT2D eigenvalue weighted by Crippen LogP contribution is 2.32. The molecule has 1 saturated heterocycles. The maximum atomic E-state index is 12.7. The van der Waals surface area contributed by atoms with E-state index in [-0.39, 0.29) is 17.7 Å². The molecular weight excluding hydrogens is 420 g/mol. The average Bonchev–Trinajstić information content (AvgIpc) is 2.95. The molecule has 0 aliphatic carbocycles. The number of thiocarbonyl (C=S) groups is 1. The van der Waals surface area contributed by atoms with E-state index < -0.39 is 0 Å². The summed E-state index contributed by atoms with van der Waals surface area (Å²) >= 11 is 6.46. The largest absolute Gasteiger partial charge is 0.326 e. The van der Waals surface area contributed by atoms with Crippen LogP contribution in [0.4, 0.5) is 11.4 Å². The van der Waals surface area contributed by atoms with Crippen molar-refractivity contribution in [2.75, 3.05) is 10.6 Å². The molecule has 3 rings (SSSR count). The summed E-state index contributed by atoms with van der Waals surface area (Å²) in [5.74, 6) is -0.598. The molecule has 0 radical (unpaired) electrons. The number of benzene rings is 2. The molecule has 0 saturated carbocycles. The monoisotopic (exact) mass is 438 g/mol. The first-order chi connectivity index (χ1) is 14.3. The number of hydrogen-bond donors (Lipinski definition) is 2. The fourth-order valence-electron chi connectivity index (χ4n) is 2.56. The summed E-state index contributed by atoms with van der Waals surface area (Å²) in [5, 5.41) is 10.8. The highest BCUT2D eigenvalue weighted by atomic mass is 32.2. The number of amides is 3. The summed E-state index contributed by atoms with van der Waals surface area (Å²) < 4.78 is 0.340. The second kappa shape index (κ2) is 9.47. The van der Waals surface area contributed by atoms with E-state index >= 15 is 0 Å². The van der Waals surface area contributed by atoms with Crippen molar-refractivity contribution in [2.24, 2.45) is 5.10 Å². The number of carbonyl (C=O) groups is 3. The molecule has 30 heavy (non-hydrogen) atoms. The van der Waals surface area contributed by atoms with E-state index in [2.05, 4.69) is 15.7 Å². The molecule has 2 aromatic rings. The van der Waals surface area contributed by atoms with E-state index in [1.807, 2.05) is 0 Å². The Morgan fingerprint density at radius 3 is 1.93 bits per heavy atom. The van der Waals surface area contributed by atoms with Crippen LogP contribution in [0.3, 0.4) is 0 Å². The minimum absolute atomic E-state index is 0.147. The van der Waals surface area contributed by atoms with Gasteiger partial charge in [0.25, 0.3) is 5.91 Å². The number of hydrogen-bond acceptors (Lipinski definition) is 6. The third-order valence-electron chi connectivity index (χ3n) is 3.86. The molecule has 2 N–H and O–H groups in total. The van der Waals surface area contributed by atoms with Crippen LogP contribution in [0.1, 0.15) is 25.0 Å². The first-order valence-corrected chi connectivity index (χ1v) is 10.1. The van der Waals surface area contributed by atoms with Gasteiger partial charge in [-0.3, -0.25) is 14.4 Å². The van der Waals surface area contributed by atoms with E-state index in [1.54, 1.807) is 54.6 Å². The van der Waals surface area contributed by atoms with Gasteiger partial charge in [-0.25, -0.2) is 0 Å². The fraction of sp³-hybridized carbons (Fsp3) is 0.0952. The average molecular weight is 439 g/mol. The molecule has 2 aromatic carbocycles. The zero-order valence-electron chi connectivity index (χ0n) is 16.2. The fourth-order valence-corrected chi connectivity index (χ4v) is 3.73. The quantitative estimate of drug-likeness (QED) is 0.421. The summed E-state index contributed by atoms with van der Waals surface area (Å²) in [6.45, 7) is 2.88.